The average molecular weight is 234 g/mol. The molecule has 2 aromatic rings. The van der Waals surface area contributed by atoms with Gasteiger partial charge in [-0.25, -0.2) is 0 Å². The fraction of sp³-hybridized carbons (Fsp3) is 0.308. The molecule has 0 N–H and O–H groups in total. The fourth-order valence-corrected chi connectivity index (χ4v) is 2.44. The maximum Gasteiger partial charge on any atom is 0.0749 e. The van der Waals surface area contributed by atoms with E-state index in [-0.39, 0.29) is 0 Å². The van der Waals surface area contributed by atoms with E-state index in [1.165, 1.54) is 5.56 Å². The van der Waals surface area contributed by atoms with E-state index in [9.17, 15) is 0 Å². The molecule has 16 heavy (non-hydrogen) atoms. The minimum absolute atomic E-state index is 0.588. The summed E-state index contributed by atoms with van der Waals surface area (Å²) in [6, 6.07) is 6.18. The third-order valence-corrected chi connectivity index (χ3v) is 3.42. The summed E-state index contributed by atoms with van der Waals surface area (Å²) in [6.07, 6.45) is 0.860. The quantitative estimate of drug-likeness (QED) is 0.697. The van der Waals surface area contributed by atoms with E-state index in [1.54, 1.807) is 0 Å². The predicted octanol–water partition coefficient (Wildman–Crippen LogP) is 3.27. The average Bonchev–Trinajstić information content (AvgIpc) is 2.31. The molecule has 1 aromatic carbocycles. The van der Waals surface area contributed by atoms with E-state index in [4.69, 9.17) is 16.3 Å². The first-order chi connectivity index (χ1) is 7.75. The number of ether oxygens (including phenoxy) is 1. The van der Waals surface area contributed by atoms with Gasteiger partial charge < -0.3 is 4.74 Å². The number of aryl methyl sites for hydroxylation is 1. The Morgan fingerprint density at radius 1 is 1.38 bits per heavy atom. The lowest BCUT2D eigenvalue weighted by atomic mass is 10.0. The molecule has 0 radical (unpaired) electrons. The molecular weight excluding hydrogens is 222 g/mol. The maximum atomic E-state index is 6.41. The third kappa shape index (κ3) is 1.49. The van der Waals surface area contributed by atoms with Crippen LogP contribution in [0.4, 0.5) is 0 Å². The van der Waals surface area contributed by atoms with E-state index < -0.39 is 0 Å². The van der Waals surface area contributed by atoms with Crippen molar-refractivity contribution in [3.05, 3.63) is 40.0 Å². The van der Waals surface area contributed by atoms with Crippen molar-refractivity contribution in [2.24, 2.45) is 0 Å². The minimum atomic E-state index is 0.588. The van der Waals surface area contributed by atoms with Crippen molar-refractivity contribution in [2.45, 2.75) is 20.0 Å². The maximum absolute atomic E-state index is 6.41. The molecule has 0 amide bonds. The van der Waals surface area contributed by atoms with E-state index in [2.05, 4.69) is 24.0 Å². The number of fused-ring (bicyclic) bond motifs is 2. The number of rotatable bonds is 0. The van der Waals surface area contributed by atoms with Crippen LogP contribution in [0, 0.1) is 6.92 Å². The summed E-state index contributed by atoms with van der Waals surface area (Å²) in [6.45, 7) is 3.39. The molecule has 0 atom stereocenters. The first-order valence-corrected chi connectivity index (χ1v) is 5.79. The van der Waals surface area contributed by atoms with Crippen LogP contribution in [0.25, 0.3) is 10.9 Å². The summed E-state index contributed by atoms with van der Waals surface area (Å²) >= 11 is 6.41. The molecule has 0 saturated heterocycles. The second kappa shape index (κ2) is 3.72. The lowest BCUT2D eigenvalue weighted by molar-refractivity contribution is 0.109. The van der Waals surface area contributed by atoms with Crippen molar-refractivity contribution in [1.82, 2.24) is 4.98 Å². The Labute approximate surface area is 99.2 Å². The Morgan fingerprint density at radius 2 is 2.25 bits per heavy atom. The molecule has 1 aromatic heterocycles. The molecule has 1 aliphatic rings. The van der Waals surface area contributed by atoms with Crippen LogP contribution in [-0.2, 0) is 17.8 Å². The van der Waals surface area contributed by atoms with Crippen LogP contribution in [0.2, 0.25) is 5.02 Å². The molecule has 0 fully saturated rings. The van der Waals surface area contributed by atoms with Crippen LogP contribution in [0.3, 0.4) is 0 Å². The van der Waals surface area contributed by atoms with Crippen LogP contribution in [0.1, 0.15) is 16.8 Å². The molecule has 82 valence electrons. The van der Waals surface area contributed by atoms with Crippen molar-refractivity contribution in [2.75, 3.05) is 6.61 Å². The highest BCUT2D eigenvalue weighted by Gasteiger charge is 2.17. The molecule has 0 saturated carbocycles. The summed E-state index contributed by atoms with van der Waals surface area (Å²) in [7, 11) is 0. The van der Waals surface area contributed by atoms with Crippen LogP contribution in [-0.4, -0.2) is 11.6 Å². The standard InChI is InChI=1S/C13H12ClNO/c1-8-2-3-11-9(6-8)13(14)10-7-16-5-4-12(10)15-11/h2-3,6H,4-5,7H2,1H3. The fourth-order valence-electron chi connectivity index (χ4n) is 2.12. The minimum Gasteiger partial charge on any atom is -0.376 e. The lowest BCUT2D eigenvalue weighted by Gasteiger charge is -2.18. The number of hydrogen-bond acceptors (Lipinski definition) is 2. The van der Waals surface area contributed by atoms with Crippen molar-refractivity contribution in [3.63, 3.8) is 0 Å². The highest BCUT2D eigenvalue weighted by Crippen LogP contribution is 2.31. The summed E-state index contributed by atoms with van der Waals surface area (Å²) in [5.74, 6) is 0. The summed E-state index contributed by atoms with van der Waals surface area (Å²) < 4.78 is 5.43. The van der Waals surface area contributed by atoms with Gasteiger partial charge in [0.1, 0.15) is 0 Å². The Balaban J connectivity index is 2.35. The molecular formula is C13H12ClNO. The van der Waals surface area contributed by atoms with Gasteiger partial charge in [0.05, 0.1) is 29.4 Å². The van der Waals surface area contributed by atoms with Gasteiger partial charge in [-0.1, -0.05) is 23.2 Å². The third-order valence-electron chi connectivity index (χ3n) is 2.99. The lowest BCUT2D eigenvalue weighted by Crippen LogP contribution is -2.12. The first-order valence-electron chi connectivity index (χ1n) is 5.41. The molecule has 2 heterocycles. The van der Waals surface area contributed by atoms with Gasteiger partial charge in [-0.15, -0.1) is 0 Å². The number of pyridine rings is 1. The summed E-state index contributed by atoms with van der Waals surface area (Å²) in [4.78, 5) is 4.65. The monoisotopic (exact) mass is 233 g/mol. The van der Waals surface area contributed by atoms with Crippen molar-refractivity contribution >= 4 is 22.5 Å². The second-order valence-corrected chi connectivity index (χ2v) is 4.55. The number of nitrogens with zero attached hydrogens (tertiary/aromatic N) is 1. The summed E-state index contributed by atoms with van der Waals surface area (Å²) in [5.41, 5.74) is 4.34. The van der Waals surface area contributed by atoms with Crippen molar-refractivity contribution in [3.8, 4) is 0 Å². The van der Waals surface area contributed by atoms with E-state index in [0.29, 0.717) is 6.61 Å². The zero-order chi connectivity index (χ0) is 11.1. The van der Waals surface area contributed by atoms with Crippen LogP contribution in [0.5, 0.6) is 0 Å². The zero-order valence-electron chi connectivity index (χ0n) is 9.09. The molecule has 3 heteroatoms. The van der Waals surface area contributed by atoms with Gasteiger partial charge in [-0.3, -0.25) is 4.98 Å². The molecule has 1 aliphatic heterocycles. The Hall–Kier alpha value is -1.12. The second-order valence-electron chi connectivity index (χ2n) is 4.17. The van der Waals surface area contributed by atoms with Crippen LogP contribution in [0.15, 0.2) is 18.2 Å². The summed E-state index contributed by atoms with van der Waals surface area (Å²) in [5, 5.41) is 1.84. The Morgan fingerprint density at radius 3 is 3.12 bits per heavy atom. The molecule has 0 unspecified atom stereocenters. The topological polar surface area (TPSA) is 22.1 Å². The van der Waals surface area contributed by atoms with E-state index >= 15 is 0 Å². The predicted molar refractivity (Wildman–Crippen MR) is 64.9 cm³/mol. The largest absolute Gasteiger partial charge is 0.376 e. The Kier molecular flexibility index (Phi) is 2.34. The van der Waals surface area contributed by atoms with Gasteiger partial charge in [0.15, 0.2) is 0 Å². The van der Waals surface area contributed by atoms with E-state index in [1.807, 2.05) is 6.07 Å². The van der Waals surface area contributed by atoms with E-state index in [0.717, 1.165) is 40.2 Å². The van der Waals surface area contributed by atoms with Crippen molar-refractivity contribution in [1.29, 1.82) is 0 Å². The van der Waals surface area contributed by atoms with Gasteiger partial charge in [0.2, 0.25) is 0 Å². The molecule has 2 nitrogen and oxygen atoms in total. The van der Waals surface area contributed by atoms with Gasteiger partial charge in [0, 0.05) is 17.4 Å². The molecule has 0 spiro atoms. The van der Waals surface area contributed by atoms with Gasteiger partial charge in [-0.2, -0.15) is 0 Å². The number of aromatic nitrogens is 1. The van der Waals surface area contributed by atoms with Gasteiger partial charge in [0.25, 0.3) is 0 Å². The smallest absolute Gasteiger partial charge is 0.0749 e. The number of halogens is 1. The SMILES string of the molecule is Cc1ccc2nc3c(c(Cl)c2c1)COCC3. The highest BCUT2D eigenvalue weighted by atomic mass is 35.5. The first kappa shape index (κ1) is 10.1. The van der Waals surface area contributed by atoms with Crippen LogP contribution >= 0.6 is 11.6 Å². The number of hydrogen-bond donors (Lipinski definition) is 0. The number of benzene rings is 1. The van der Waals surface area contributed by atoms with Crippen LogP contribution < -0.4 is 0 Å². The van der Waals surface area contributed by atoms with Gasteiger partial charge >= 0.3 is 0 Å². The van der Waals surface area contributed by atoms with Crippen molar-refractivity contribution < 1.29 is 4.74 Å². The highest BCUT2D eigenvalue weighted by molar-refractivity contribution is 6.36. The molecule has 3 rings (SSSR count). The Bertz CT molecular complexity index is 565. The molecule has 0 aliphatic carbocycles. The zero-order valence-corrected chi connectivity index (χ0v) is 9.84. The van der Waals surface area contributed by atoms with Gasteiger partial charge in [-0.05, 0) is 19.1 Å². The normalized spacial score (nSPS) is 15.1. The molecule has 0 bridgehead atoms.